The number of nitrogens with zero attached hydrogens (tertiary/aromatic N) is 1. The highest BCUT2D eigenvalue weighted by atomic mass is 28.4. The first kappa shape index (κ1) is 22.8. The maximum absolute atomic E-state index is 11.3. The van der Waals surface area contributed by atoms with E-state index in [0.29, 0.717) is 0 Å². The summed E-state index contributed by atoms with van der Waals surface area (Å²) in [6.07, 6.45) is -1.43. The molecule has 0 N–H and O–H groups in total. The first-order valence-electron chi connectivity index (χ1n) is 8.92. The van der Waals surface area contributed by atoms with Crippen LogP contribution in [0.25, 0.3) is 0 Å². The zero-order chi connectivity index (χ0) is 20.2. The first-order valence-corrected chi connectivity index (χ1v) is 11.8. The molecule has 1 aromatic rings. The summed E-state index contributed by atoms with van der Waals surface area (Å²) in [4.78, 5) is 21.8. The molecule has 1 rings (SSSR count). The second kappa shape index (κ2) is 8.60. The molecule has 0 aliphatic heterocycles. The van der Waals surface area contributed by atoms with Crippen LogP contribution in [0.3, 0.4) is 0 Å². The van der Waals surface area contributed by atoms with Gasteiger partial charge >= 0.3 is 0 Å². The Kier molecular flexibility index (Phi) is 7.53. The van der Waals surface area contributed by atoms with Gasteiger partial charge in [0.15, 0.2) is 14.4 Å². The van der Waals surface area contributed by atoms with Crippen LogP contribution in [0.1, 0.15) is 53.2 Å². The van der Waals surface area contributed by atoms with E-state index in [9.17, 15) is 10.1 Å². The number of hydrogen-bond acceptors (Lipinski definition) is 5. The number of nitro groups is 1. The van der Waals surface area contributed by atoms with Crippen LogP contribution in [-0.2, 0) is 14.2 Å². The van der Waals surface area contributed by atoms with Crippen LogP contribution in [0.5, 0.6) is 0 Å². The molecule has 0 saturated heterocycles. The van der Waals surface area contributed by atoms with Gasteiger partial charge in [-0.25, -0.2) is 9.78 Å². The monoisotopic (exact) mass is 383 g/mol. The zero-order valence-corrected chi connectivity index (χ0v) is 18.2. The van der Waals surface area contributed by atoms with Crippen LogP contribution in [0.15, 0.2) is 30.3 Å². The Labute approximate surface area is 158 Å². The van der Waals surface area contributed by atoms with E-state index >= 15 is 0 Å². The van der Waals surface area contributed by atoms with E-state index in [1.165, 1.54) is 0 Å². The molecule has 0 amide bonds. The molecule has 0 radical (unpaired) electrons. The maximum atomic E-state index is 11.3. The summed E-state index contributed by atoms with van der Waals surface area (Å²) in [5.41, 5.74) is 0.272. The van der Waals surface area contributed by atoms with Gasteiger partial charge in [-0.2, -0.15) is 0 Å². The van der Waals surface area contributed by atoms with Crippen LogP contribution in [-0.4, -0.2) is 31.5 Å². The Morgan fingerprint density at radius 3 is 2.04 bits per heavy atom. The fourth-order valence-electron chi connectivity index (χ4n) is 2.03. The standard InChI is InChI=1S/C19H33NO5Si/c1-18(2,3)25-23-16(14-20(21)22)17(15-12-10-9-11-13-15)24-26(7,8)19(4,5)6/h9-13,16-17H,14H2,1-8H3/t16-,17+/m1/s1. The van der Waals surface area contributed by atoms with Crippen molar-refractivity contribution >= 4 is 8.32 Å². The number of hydrogen-bond donors (Lipinski definition) is 0. The molecule has 0 spiro atoms. The van der Waals surface area contributed by atoms with Crippen molar-refractivity contribution in [2.75, 3.05) is 6.54 Å². The van der Waals surface area contributed by atoms with Gasteiger partial charge in [-0.1, -0.05) is 51.1 Å². The molecule has 1 aromatic carbocycles. The normalized spacial score (nSPS) is 15.5. The quantitative estimate of drug-likeness (QED) is 0.269. The Morgan fingerprint density at radius 1 is 1.08 bits per heavy atom. The molecule has 0 fully saturated rings. The van der Waals surface area contributed by atoms with E-state index in [-0.39, 0.29) is 9.96 Å². The predicted octanol–water partition coefficient (Wildman–Crippen LogP) is 5.14. The van der Waals surface area contributed by atoms with E-state index in [2.05, 4.69) is 33.9 Å². The summed E-state index contributed by atoms with van der Waals surface area (Å²) in [6, 6.07) is 9.51. The molecule has 0 aliphatic carbocycles. The highest BCUT2D eigenvalue weighted by Crippen LogP contribution is 2.41. The van der Waals surface area contributed by atoms with Gasteiger partial charge in [-0.05, 0) is 44.5 Å². The summed E-state index contributed by atoms with van der Waals surface area (Å²) in [5.74, 6) is 0. The minimum absolute atomic E-state index is 0.0376. The second-order valence-corrected chi connectivity index (χ2v) is 13.8. The van der Waals surface area contributed by atoms with Crippen molar-refractivity contribution in [3.63, 3.8) is 0 Å². The van der Waals surface area contributed by atoms with Gasteiger partial charge in [0, 0.05) is 4.92 Å². The van der Waals surface area contributed by atoms with Gasteiger partial charge in [-0.3, -0.25) is 10.1 Å². The molecule has 0 bridgehead atoms. The average molecular weight is 384 g/mol. The van der Waals surface area contributed by atoms with Crippen molar-refractivity contribution < 1.29 is 19.1 Å². The first-order chi connectivity index (χ1) is 11.7. The fourth-order valence-corrected chi connectivity index (χ4v) is 3.30. The molecule has 26 heavy (non-hydrogen) atoms. The Balaban J connectivity index is 3.23. The Hall–Kier alpha value is -1.28. The van der Waals surface area contributed by atoms with Crippen LogP contribution in [0, 0.1) is 10.1 Å². The Bertz CT molecular complexity index is 578. The van der Waals surface area contributed by atoms with Crippen molar-refractivity contribution in [3.8, 4) is 0 Å². The maximum Gasteiger partial charge on any atom is 0.235 e. The summed E-state index contributed by atoms with van der Waals surface area (Å²) >= 11 is 0. The van der Waals surface area contributed by atoms with Crippen molar-refractivity contribution in [1.82, 2.24) is 0 Å². The molecule has 0 saturated carbocycles. The van der Waals surface area contributed by atoms with Crippen LogP contribution >= 0.6 is 0 Å². The average Bonchev–Trinajstić information content (AvgIpc) is 2.48. The van der Waals surface area contributed by atoms with Crippen LogP contribution in [0.4, 0.5) is 0 Å². The fraction of sp³-hybridized carbons (Fsp3) is 0.684. The van der Waals surface area contributed by atoms with E-state index in [1.54, 1.807) is 0 Å². The lowest BCUT2D eigenvalue weighted by molar-refractivity contribution is -0.515. The third kappa shape index (κ3) is 7.15. The number of benzene rings is 1. The Morgan fingerprint density at radius 2 is 1.62 bits per heavy atom. The molecule has 0 heterocycles. The zero-order valence-electron chi connectivity index (χ0n) is 17.2. The molecular formula is C19H33NO5Si. The second-order valence-electron chi connectivity index (χ2n) is 9.06. The SMILES string of the molecule is CC(C)(C)OO[C@H](C[N+](=O)[O-])[C@@H](O[Si](C)(C)C(C)(C)C)c1ccccc1. The van der Waals surface area contributed by atoms with E-state index in [4.69, 9.17) is 14.2 Å². The molecule has 0 unspecified atom stereocenters. The van der Waals surface area contributed by atoms with Crippen molar-refractivity contribution in [1.29, 1.82) is 0 Å². The highest BCUT2D eigenvalue weighted by molar-refractivity contribution is 6.74. The lowest BCUT2D eigenvalue weighted by Gasteiger charge is -2.40. The summed E-state index contributed by atoms with van der Waals surface area (Å²) in [5, 5.41) is 11.2. The van der Waals surface area contributed by atoms with Crippen molar-refractivity contribution in [2.45, 2.75) is 77.5 Å². The van der Waals surface area contributed by atoms with Gasteiger partial charge in [0.25, 0.3) is 0 Å². The summed E-state index contributed by atoms with van der Waals surface area (Å²) < 4.78 is 6.55. The van der Waals surface area contributed by atoms with Crippen LogP contribution in [0.2, 0.25) is 18.1 Å². The minimum Gasteiger partial charge on any atom is -0.407 e. The third-order valence-electron chi connectivity index (χ3n) is 4.44. The van der Waals surface area contributed by atoms with Gasteiger partial charge < -0.3 is 4.43 Å². The molecule has 7 heteroatoms. The van der Waals surface area contributed by atoms with E-state index < -0.39 is 32.7 Å². The molecule has 6 nitrogen and oxygen atoms in total. The molecule has 0 aliphatic rings. The van der Waals surface area contributed by atoms with E-state index in [0.717, 1.165) is 5.56 Å². The van der Waals surface area contributed by atoms with Crippen LogP contribution < -0.4 is 0 Å². The topological polar surface area (TPSA) is 70.8 Å². The summed E-state index contributed by atoms with van der Waals surface area (Å²) in [6.45, 7) is 15.8. The van der Waals surface area contributed by atoms with Crippen molar-refractivity contribution in [2.24, 2.45) is 0 Å². The van der Waals surface area contributed by atoms with Gasteiger partial charge in [0.1, 0.15) is 6.10 Å². The largest absolute Gasteiger partial charge is 0.407 e. The predicted molar refractivity (Wildman–Crippen MR) is 105 cm³/mol. The molecular weight excluding hydrogens is 350 g/mol. The summed E-state index contributed by atoms with van der Waals surface area (Å²) in [7, 11) is -2.20. The molecule has 2 atom stereocenters. The lowest BCUT2D eigenvalue weighted by atomic mass is 10.0. The highest BCUT2D eigenvalue weighted by Gasteiger charge is 2.43. The van der Waals surface area contributed by atoms with Gasteiger partial charge in [0.05, 0.1) is 5.60 Å². The smallest absolute Gasteiger partial charge is 0.235 e. The molecule has 0 aromatic heterocycles. The third-order valence-corrected chi connectivity index (χ3v) is 8.90. The lowest BCUT2D eigenvalue weighted by Crippen LogP contribution is -2.46. The van der Waals surface area contributed by atoms with Gasteiger partial charge in [-0.15, -0.1) is 0 Å². The molecule has 148 valence electrons. The van der Waals surface area contributed by atoms with E-state index in [1.807, 2.05) is 51.1 Å². The number of rotatable bonds is 8. The van der Waals surface area contributed by atoms with Crippen molar-refractivity contribution in [3.05, 3.63) is 46.0 Å². The minimum atomic E-state index is -2.20. The van der Waals surface area contributed by atoms with Gasteiger partial charge in [0.2, 0.25) is 6.54 Å².